The van der Waals surface area contributed by atoms with E-state index in [0.717, 1.165) is 67.6 Å². The van der Waals surface area contributed by atoms with Crippen molar-refractivity contribution in [3.63, 3.8) is 0 Å². The van der Waals surface area contributed by atoms with Crippen molar-refractivity contribution in [2.24, 2.45) is 0 Å². The van der Waals surface area contributed by atoms with E-state index in [2.05, 4.69) is 37.8 Å². The van der Waals surface area contributed by atoms with Crippen LogP contribution in [0, 0.1) is 0 Å². The summed E-state index contributed by atoms with van der Waals surface area (Å²) < 4.78 is 5.21. The van der Waals surface area contributed by atoms with Gasteiger partial charge in [-0.2, -0.15) is 4.98 Å². The van der Waals surface area contributed by atoms with Crippen molar-refractivity contribution < 1.29 is 14.6 Å². The van der Waals surface area contributed by atoms with Crippen LogP contribution >= 0.6 is 0 Å². The molecule has 4 N–H and O–H groups in total. The highest BCUT2D eigenvalue weighted by atomic mass is 16.5. The Hall–Kier alpha value is -3.72. The molecule has 0 aliphatic heterocycles. The van der Waals surface area contributed by atoms with E-state index in [4.69, 9.17) is 4.74 Å². The van der Waals surface area contributed by atoms with Crippen molar-refractivity contribution >= 4 is 17.7 Å². The van der Waals surface area contributed by atoms with Gasteiger partial charge in [0.1, 0.15) is 17.1 Å². The molecule has 9 heteroatoms. The van der Waals surface area contributed by atoms with Gasteiger partial charge in [-0.15, -0.1) is 0 Å². The first kappa shape index (κ1) is 26.3. The highest BCUT2D eigenvalue weighted by Gasteiger charge is 2.22. The van der Waals surface area contributed by atoms with Crippen molar-refractivity contribution in [3.8, 4) is 17.0 Å². The van der Waals surface area contributed by atoms with Gasteiger partial charge in [-0.3, -0.25) is 9.78 Å². The standard InChI is InChI=1S/C28H36N6O3/c1-3-4-15-29-28-32-18-24(26(34-28)33-21-8-10-22(35)11-9-21)27(36)31-17-19-5-14-25(30-16-19)20-6-12-23(37-2)13-7-20/h5-7,12-14,16,18,21-22,35H,3-4,8-11,15,17H2,1-2H3,(H,31,36)(H2,29,32,33,34). The van der Waals surface area contributed by atoms with E-state index < -0.39 is 0 Å². The minimum atomic E-state index is -0.252. The minimum Gasteiger partial charge on any atom is -0.497 e. The fourth-order valence-electron chi connectivity index (χ4n) is 4.27. The number of amides is 1. The van der Waals surface area contributed by atoms with Gasteiger partial charge in [0.05, 0.1) is 18.9 Å². The summed E-state index contributed by atoms with van der Waals surface area (Å²) >= 11 is 0. The van der Waals surface area contributed by atoms with E-state index in [9.17, 15) is 9.90 Å². The lowest BCUT2D eigenvalue weighted by Crippen LogP contribution is -2.31. The van der Waals surface area contributed by atoms with Crippen molar-refractivity contribution in [1.82, 2.24) is 20.3 Å². The van der Waals surface area contributed by atoms with Crippen molar-refractivity contribution in [1.29, 1.82) is 0 Å². The molecule has 2 aromatic heterocycles. The second-order valence-electron chi connectivity index (χ2n) is 9.35. The topological polar surface area (TPSA) is 121 Å². The van der Waals surface area contributed by atoms with Crippen LogP contribution in [0.2, 0.25) is 0 Å². The van der Waals surface area contributed by atoms with Gasteiger partial charge in [0.2, 0.25) is 5.95 Å². The Labute approximate surface area is 218 Å². The Morgan fingerprint density at radius 2 is 1.84 bits per heavy atom. The van der Waals surface area contributed by atoms with Gasteiger partial charge >= 0.3 is 0 Å². The van der Waals surface area contributed by atoms with Crippen LogP contribution in [-0.4, -0.2) is 51.8 Å². The number of rotatable bonds is 11. The van der Waals surface area contributed by atoms with Crippen LogP contribution in [0.4, 0.5) is 11.8 Å². The molecule has 0 saturated heterocycles. The number of anilines is 2. The molecule has 1 aliphatic rings. The molecule has 1 saturated carbocycles. The summed E-state index contributed by atoms with van der Waals surface area (Å²) in [4.78, 5) is 26.7. The van der Waals surface area contributed by atoms with Gasteiger partial charge in [0.15, 0.2) is 0 Å². The number of ether oxygens (including phenoxy) is 1. The van der Waals surface area contributed by atoms with Gasteiger partial charge < -0.3 is 25.8 Å². The van der Waals surface area contributed by atoms with Crippen molar-refractivity contribution in [3.05, 3.63) is 59.9 Å². The van der Waals surface area contributed by atoms with Crippen LogP contribution < -0.4 is 20.7 Å². The lowest BCUT2D eigenvalue weighted by Gasteiger charge is -2.27. The SMILES string of the molecule is CCCCNc1ncc(C(=O)NCc2ccc(-c3ccc(OC)cc3)nc2)c(NC2CCC(O)CC2)n1. The van der Waals surface area contributed by atoms with Crippen molar-refractivity contribution in [2.75, 3.05) is 24.3 Å². The van der Waals surface area contributed by atoms with E-state index in [1.165, 1.54) is 0 Å². The first-order valence-electron chi connectivity index (χ1n) is 13.0. The molecule has 1 aliphatic carbocycles. The molecule has 1 amide bonds. The van der Waals surface area contributed by atoms with Gasteiger partial charge in [0, 0.05) is 37.1 Å². The fraction of sp³-hybridized carbons (Fsp3) is 0.429. The number of benzene rings is 1. The third kappa shape index (κ3) is 7.39. The molecule has 1 aromatic carbocycles. The maximum atomic E-state index is 13.1. The molecule has 9 nitrogen and oxygen atoms in total. The van der Waals surface area contributed by atoms with Gasteiger partial charge in [-0.05, 0) is 68.0 Å². The molecule has 4 rings (SSSR count). The molecule has 0 unspecified atom stereocenters. The summed E-state index contributed by atoms with van der Waals surface area (Å²) in [6.45, 7) is 3.24. The molecular formula is C28H36N6O3. The molecule has 2 heterocycles. The smallest absolute Gasteiger partial charge is 0.256 e. The third-order valence-corrected chi connectivity index (χ3v) is 6.55. The number of nitrogens with zero attached hydrogens (tertiary/aromatic N) is 3. The highest BCUT2D eigenvalue weighted by Crippen LogP contribution is 2.24. The molecule has 3 aromatic rings. The Morgan fingerprint density at radius 1 is 1.05 bits per heavy atom. The molecule has 37 heavy (non-hydrogen) atoms. The third-order valence-electron chi connectivity index (χ3n) is 6.55. The summed E-state index contributed by atoms with van der Waals surface area (Å²) in [5, 5.41) is 19.5. The van der Waals surface area contributed by atoms with E-state index in [-0.39, 0.29) is 18.1 Å². The largest absolute Gasteiger partial charge is 0.497 e. The Morgan fingerprint density at radius 3 is 2.51 bits per heavy atom. The minimum absolute atomic E-state index is 0.156. The average Bonchev–Trinajstić information content (AvgIpc) is 2.94. The predicted octanol–water partition coefficient (Wildman–Crippen LogP) is 4.40. The molecule has 1 fully saturated rings. The van der Waals surface area contributed by atoms with Crippen LogP contribution in [0.15, 0.2) is 48.8 Å². The quantitative estimate of drug-likeness (QED) is 0.284. The first-order valence-corrected chi connectivity index (χ1v) is 13.0. The Bertz CT molecular complexity index is 1150. The summed E-state index contributed by atoms with van der Waals surface area (Å²) in [7, 11) is 1.64. The number of hydrogen-bond donors (Lipinski definition) is 4. The number of aliphatic hydroxyl groups is 1. The zero-order valence-electron chi connectivity index (χ0n) is 21.5. The second kappa shape index (κ2) is 13.0. The number of carbonyl (C=O) groups is 1. The van der Waals surface area contributed by atoms with Crippen LogP contribution in [0.1, 0.15) is 61.4 Å². The van der Waals surface area contributed by atoms with Crippen LogP contribution in [0.3, 0.4) is 0 Å². The number of aliphatic hydroxyl groups excluding tert-OH is 1. The number of unbranched alkanes of at least 4 members (excludes halogenated alkanes) is 1. The maximum Gasteiger partial charge on any atom is 0.256 e. The molecule has 0 spiro atoms. The van der Waals surface area contributed by atoms with Crippen molar-refractivity contribution in [2.45, 2.75) is 64.1 Å². The van der Waals surface area contributed by atoms with Gasteiger partial charge in [-0.25, -0.2) is 4.98 Å². The summed E-state index contributed by atoms with van der Waals surface area (Å²) in [6.07, 6.45) is 8.32. The molecule has 0 radical (unpaired) electrons. The van der Waals surface area contributed by atoms with E-state index >= 15 is 0 Å². The fourth-order valence-corrected chi connectivity index (χ4v) is 4.27. The van der Waals surface area contributed by atoms with E-state index in [1.807, 2.05) is 36.4 Å². The maximum absolute atomic E-state index is 13.1. The number of hydrogen-bond acceptors (Lipinski definition) is 8. The van der Waals surface area contributed by atoms with Gasteiger partial charge in [0.25, 0.3) is 5.91 Å². The molecule has 0 bridgehead atoms. The molecule has 196 valence electrons. The van der Waals surface area contributed by atoms with E-state index in [0.29, 0.717) is 23.9 Å². The van der Waals surface area contributed by atoms with Crippen LogP contribution in [0.5, 0.6) is 5.75 Å². The summed E-state index contributed by atoms with van der Waals surface area (Å²) in [5.41, 5.74) is 3.13. The zero-order valence-corrected chi connectivity index (χ0v) is 21.5. The number of methoxy groups -OCH3 is 1. The zero-order chi connectivity index (χ0) is 26.0. The van der Waals surface area contributed by atoms with Gasteiger partial charge in [-0.1, -0.05) is 19.4 Å². The molecule has 0 atom stereocenters. The number of aromatic nitrogens is 3. The number of carbonyl (C=O) groups excluding carboxylic acids is 1. The highest BCUT2D eigenvalue weighted by molar-refractivity contribution is 5.98. The predicted molar refractivity (Wildman–Crippen MR) is 145 cm³/mol. The number of pyridine rings is 1. The lowest BCUT2D eigenvalue weighted by atomic mass is 9.93. The monoisotopic (exact) mass is 504 g/mol. The first-order chi connectivity index (χ1) is 18.1. The molecular weight excluding hydrogens is 468 g/mol. The lowest BCUT2D eigenvalue weighted by molar-refractivity contribution is 0.0950. The summed E-state index contributed by atoms with van der Waals surface area (Å²) in [5.74, 6) is 1.56. The average molecular weight is 505 g/mol. The van der Waals surface area contributed by atoms with E-state index in [1.54, 1.807) is 19.5 Å². The second-order valence-corrected chi connectivity index (χ2v) is 9.35. The Balaban J connectivity index is 1.42. The van der Waals surface area contributed by atoms with Crippen LogP contribution in [0.25, 0.3) is 11.3 Å². The Kier molecular flexibility index (Phi) is 9.26. The van der Waals surface area contributed by atoms with Crippen LogP contribution in [-0.2, 0) is 6.54 Å². The summed E-state index contributed by atoms with van der Waals surface area (Å²) in [6, 6.07) is 11.8. The normalized spacial score (nSPS) is 17.2. The number of nitrogens with one attached hydrogen (secondary N) is 3.